The Bertz CT molecular complexity index is 468. The van der Waals surface area contributed by atoms with Crippen molar-refractivity contribution in [3.05, 3.63) is 23.2 Å². The van der Waals surface area contributed by atoms with Crippen molar-refractivity contribution in [2.75, 3.05) is 20.3 Å². The predicted molar refractivity (Wildman–Crippen MR) is 59.7 cm³/mol. The van der Waals surface area contributed by atoms with E-state index >= 15 is 0 Å². The second-order valence-corrected chi connectivity index (χ2v) is 4.73. The van der Waals surface area contributed by atoms with Gasteiger partial charge in [0.15, 0.2) is 0 Å². The summed E-state index contributed by atoms with van der Waals surface area (Å²) in [6, 6.07) is 3.97. The Morgan fingerprint density at radius 3 is 2.59 bits per heavy atom. The summed E-state index contributed by atoms with van der Waals surface area (Å²) >= 11 is 5.63. The van der Waals surface area contributed by atoms with Gasteiger partial charge in [-0.05, 0) is 18.2 Å². The van der Waals surface area contributed by atoms with E-state index in [2.05, 4.69) is 0 Å². The molecule has 92 valence electrons. The van der Waals surface area contributed by atoms with Crippen molar-refractivity contribution in [1.82, 2.24) is 0 Å². The SMILES string of the molecule is COCCOc1ccc(Cl)cc1S(=O)(=O)O.[H-].[K+]. The number of rotatable bonds is 5. The second-order valence-electron chi connectivity index (χ2n) is 2.91. The summed E-state index contributed by atoms with van der Waals surface area (Å²) in [6.45, 7) is 0.494. The van der Waals surface area contributed by atoms with Gasteiger partial charge in [-0.3, -0.25) is 4.55 Å². The van der Waals surface area contributed by atoms with E-state index in [4.69, 9.17) is 25.6 Å². The largest absolute Gasteiger partial charge is 1.00 e. The molecule has 1 aromatic carbocycles. The molecule has 0 saturated heterocycles. The van der Waals surface area contributed by atoms with Gasteiger partial charge in [0.05, 0.1) is 6.61 Å². The topological polar surface area (TPSA) is 72.8 Å². The number of hydrogen-bond acceptors (Lipinski definition) is 4. The van der Waals surface area contributed by atoms with E-state index in [9.17, 15) is 8.42 Å². The monoisotopic (exact) mass is 306 g/mol. The molecule has 0 aliphatic carbocycles. The smallest absolute Gasteiger partial charge is 1.00 e. The first-order valence-corrected chi connectivity index (χ1v) is 6.15. The molecule has 0 aliphatic heterocycles. The Morgan fingerprint density at radius 1 is 1.41 bits per heavy atom. The molecule has 0 aliphatic rings. The zero-order valence-electron chi connectivity index (χ0n) is 10.5. The standard InChI is InChI=1S/C9H11ClO5S.K.H/c1-14-4-5-15-8-3-2-7(10)6-9(8)16(11,12)13;;/h2-3,6H,4-5H2,1H3,(H,11,12,13);;/q;+1;-1. The molecule has 1 rings (SSSR count). The van der Waals surface area contributed by atoms with Crippen LogP contribution in [0.4, 0.5) is 0 Å². The van der Waals surface area contributed by atoms with Crippen molar-refractivity contribution in [3.63, 3.8) is 0 Å². The summed E-state index contributed by atoms with van der Waals surface area (Å²) < 4.78 is 40.9. The van der Waals surface area contributed by atoms with Crippen LogP contribution in [0, 0.1) is 0 Å². The summed E-state index contributed by atoms with van der Waals surface area (Å²) in [5.41, 5.74) is 0. The fraction of sp³-hybridized carbons (Fsp3) is 0.333. The molecule has 0 fully saturated rings. The van der Waals surface area contributed by atoms with E-state index in [1.807, 2.05) is 0 Å². The van der Waals surface area contributed by atoms with E-state index in [-0.39, 0.29) is 75.1 Å². The van der Waals surface area contributed by atoms with Crippen LogP contribution >= 0.6 is 11.6 Å². The average molecular weight is 307 g/mol. The van der Waals surface area contributed by atoms with Crippen molar-refractivity contribution < 1.29 is 75.3 Å². The molecule has 0 atom stereocenters. The zero-order valence-corrected chi connectivity index (χ0v) is 14.2. The normalized spacial score (nSPS) is 10.8. The molecular weight excluding hydrogens is 295 g/mol. The minimum absolute atomic E-state index is 0. The van der Waals surface area contributed by atoms with Crippen molar-refractivity contribution >= 4 is 21.7 Å². The molecular formula is C9H12ClKO5S. The molecule has 0 spiro atoms. The van der Waals surface area contributed by atoms with Gasteiger partial charge in [0.25, 0.3) is 10.1 Å². The fourth-order valence-electron chi connectivity index (χ4n) is 1.04. The van der Waals surface area contributed by atoms with Crippen LogP contribution in [-0.4, -0.2) is 33.3 Å². The van der Waals surface area contributed by atoms with Crippen molar-refractivity contribution in [3.8, 4) is 5.75 Å². The number of hydrogen-bond donors (Lipinski definition) is 1. The van der Waals surface area contributed by atoms with Gasteiger partial charge < -0.3 is 10.9 Å². The molecule has 1 aromatic rings. The van der Waals surface area contributed by atoms with Crippen molar-refractivity contribution in [2.24, 2.45) is 0 Å². The van der Waals surface area contributed by atoms with Crippen LogP contribution in [0.3, 0.4) is 0 Å². The third-order valence-corrected chi connectivity index (χ3v) is 2.84. The number of halogens is 1. The van der Waals surface area contributed by atoms with Gasteiger partial charge in [-0.15, -0.1) is 0 Å². The summed E-state index contributed by atoms with van der Waals surface area (Å²) in [5.74, 6) is 0.0453. The Morgan fingerprint density at radius 2 is 2.06 bits per heavy atom. The van der Waals surface area contributed by atoms with Crippen molar-refractivity contribution in [2.45, 2.75) is 4.90 Å². The summed E-state index contributed by atoms with van der Waals surface area (Å²) in [4.78, 5) is -0.351. The molecule has 8 heteroatoms. The van der Waals surface area contributed by atoms with Gasteiger partial charge in [0, 0.05) is 12.1 Å². The van der Waals surface area contributed by atoms with E-state index in [1.165, 1.54) is 19.2 Å². The fourth-order valence-corrected chi connectivity index (χ4v) is 1.93. The van der Waals surface area contributed by atoms with E-state index in [1.54, 1.807) is 0 Å². The molecule has 17 heavy (non-hydrogen) atoms. The van der Waals surface area contributed by atoms with Gasteiger partial charge in [-0.2, -0.15) is 8.42 Å². The molecule has 0 unspecified atom stereocenters. The quantitative estimate of drug-likeness (QED) is 0.417. The molecule has 5 nitrogen and oxygen atoms in total. The zero-order chi connectivity index (χ0) is 12.2. The maximum atomic E-state index is 11.0. The third-order valence-electron chi connectivity index (χ3n) is 1.73. The van der Waals surface area contributed by atoms with Crippen LogP contribution in [0.5, 0.6) is 5.75 Å². The second kappa shape index (κ2) is 8.08. The van der Waals surface area contributed by atoms with Crippen LogP contribution < -0.4 is 56.1 Å². The van der Waals surface area contributed by atoms with Gasteiger partial charge in [-0.25, -0.2) is 0 Å². The molecule has 0 amide bonds. The maximum absolute atomic E-state index is 11.0. The maximum Gasteiger partial charge on any atom is 1.00 e. The Labute approximate surface area is 149 Å². The van der Waals surface area contributed by atoms with Crippen LogP contribution in [0.15, 0.2) is 23.1 Å². The first-order chi connectivity index (χ1) is 7.45. The number of methoxy groups -OCH3 is 1. The van der Waals surface area contributed by atoms with Gasteiger partial charge >= 0.3 is 51.4 Å². The van der Waals surface area contributed by atoms with E-state index in [0.29, 0.717) is 6.61 Å². The van der Waals surface area contributed by atoms with E-state index in [0.717, 1.165) is 6.07 Å². The first kappa shape index (κ1) is 17.8. The van der Waals surface area contributed by atoms with Gasteiger partial charge in [-0.1, -0.05) is 11.6 Å². The van der Waals surface area contributed by atoms with Gasteiger partial charge in [0.1, 0.15) is 17.3 Å². The Balaban J connectivity index is 0. The summed E-state index contributed by atoms with van der Waals surface area (Å²) in [7, 11) is -2.85. The minimum atomic E-state index is -4.34. The van der Waals surface area contributed by atoms with Crippen LogP contribution in [0.25, 0.3) is 0 Å². The Hall–Kier alpha value is 0.816. The third kappa shape index (κ3) is 5.99. The molecule has 0 radical (unpaired) electrons. The summed E-state index contributed by atoms with van der Waals surface area (Å²) in [5, 5.41) is 0.201. The van der Waals surface area contributed by atoms with Crippen LogP contribution in [0.1, 0.15) is 1.43 Å². The number of benzene rings is 1. The van der Waals surface area contributed by atoms with E-state index < -0.39 is 10.1 Å². The Kier molecular flexibility index (Phi) is 8.47. The summed E-state index contributed by atoms with van der Waals surface area (Å²) in [6.07, 6.45) is 0. The van der Waals surface area contributed by atoms with Crippen LogP contribution in [0.2, 0.25) is 5.02 Å². The number of ether oxygens (including phenoxy) is 2. The van der Waals surface area contributed by atoms with Crippen molar-refractivity contribution in [1.29, 1.82) is 0 Å². The molecule has 0 heterocycles. The van der Waals surface area contributed by atoms with Crippen LogP contribution in [-0.2, 0) is 14.9 Å². The average Bonchev–Trinajstić information content (AvgIpc) is 2.19. The molecule has 0 bridgehead atoms. The predicted octanol–water partition coefficient (Wildman–Crippen LogP) is -1.27. The minimum Gasteiger partial charge on any atom is -1.00 e. The molecule has 0 aromatic heterocycles. The molecule has 0 saturated carbocycles. The molecule has 1 N–H and O–H groups in total. The van der Waals surface area contributed by atoms with Gasteiger partial charge in [0.2, 0.25) is 0 Å². The first-order valence-electron chi connectivity index (χ1n) is 4.34.